The van der Waals surface area contributed by atoms with Gasteiger partial charge in [-0.3, -0.25) is 19.3 Å². The summed E-state index contributed by atoms with van der Waals surface area (Å²) in [4.78, 5) is 38.0. The van der Waals surface area contributed by atoms with Crippen molar-refractivity contribution in [2.24, 2.45) is 11.8 Å². The summed E-state index contributed by atoms with van der Waals surface area (Å²) in [5.41, 5.74) is 0.695. The quantitative estimate of drug-likeness (QED) is 0.619. The first-order chi connectivity index (χ1) is 11.5. The van der Waals surface area contributed by atoms with Crippen LogP contribution in [-0.2, 0) is 19.1 Å². The molecule has 6 heteroatoms. The number of hydrogen-bond donors (Lipinski definition) is 0. The van der Waals surface area contributed by atoms with Crippen LogP contribution in [0, 0.1) is 11.8 Å². The van der Waals surface area contributed by atoms with Crippen LogP contribution < -0.4 is 0 Å². The van der Waals surface area contributed by atoms with E-state index in [-0.39, 0.29) is 30.2 Å². The Morgan fingerprint density at radius 2 is 1.79 bits per heavy atom. The second-order valence-electron chi connectivity index (χ2n) is 6.41. The Balaban J connectivity index is 1.63. The lowest BCUT2D eigenvalue weighted by molar-refractivity contribution is -0.156. The van der Waals surface area contributed by atoms with Crippen molar-refractivity contribution in [3.8, 4) is 0 Å². The number of halogens is 1. The summed E-state index contributed by atoms with van der Waals surface area (Å²) in [5, 5.41) is 0.511. The maximum absolute atomic E-state index is 12.4. The number of carbonyl (C=O) groups is 3. The van der Waals surface area contributed by atoms with E-state index >= 15 is 0 Å². The third-order valence-corrected chi connectivity index (χ3v) is 5.22. The van der Waals surface area contributed by atoms with Crippen LogP contribution in [0.25, 0.3) is 0 Å². The zero-order valence-electron chi connectivity index (χ0n) is 13.5. The van der Waals surface area contributed by atoms with Gasteiger partial charge in [-0.05, 0) is 25.8 Å². The maximum atomic E-state index is 12.4. The molecular formula is C18H20ClNO4. The molecule has 1 heterocycles. The van der Waals surface area contributed by atoms with E-state index in [1.54, 1.807) is 25.1 Å². The fourth-order valence-electron chi connectivity index (χ4n) is 3.62. The molecule has 0 aromatic heterocycles. The lowest BCUT2D eigenvalue weighted by Gasteiger charge is -2.19. The maximum Gasteiger partial charge on any atom is 0.326 e. The Hall–Kier alpha value is -1.88. The summed E-state index contributed by atoms with van der Waals surface area (Å²) in [6, 6.07) is 7.11. The van der Waals surface area contributed by atoms with E-state index < -0.39 is 12.1 Å². The van der Waals surface area contributed by atoms with Crippen molar-refractivity contribution >= 4 is 29.4 Å². The van der Waals surface area contributed by atoms with Gasteiger partial charge in [0.1, 0.15) is 12.6 Å². The number of nitrogens with zero attached hydrogens (tertiary/aromatic N) is 1. The molecule has 3 atom stereocenters. The minimum absolute atomic E-state index is 0.230. The summed E-state index contributed by atoms with van der Waals surface area (Å²) >= 11 is 6.09. The predicted octanol–water partition coefficient (Wildman–Crippen LogP) is 3.12. The molecule has 0 spiro atoms. The van der Waals surface area contributed by atoms with Gasteiger partial charge in [0.2, 0.25) is 11.8 Å². The van der Waals surface area contributed by atoms with Crippen LogP contribution in [-0.4, -0.2) is 29.2 Å². The fraction of sp³-hybridized carbons (Fsp3) is 0.500. The second kappa shape index (κ2) is 6.93. The van der Waals surface area contributed by atoms with E-state index in [0.717, 1.165) is 30.6 Å². The number of hydrogen-bond acceptors (Lipinski definition) is 4. The van der Waals surface area contributed by atoms with Gasteiger partial charge >= 0.3 is 5.97 Å². The molecular weight excluding hydrogens is 330 g/mol. The van der Waals surface area contributed by atoms with Gasteiger partial charge in [-0.25, -0.2) is 0 Å². The summed E-state index contributed by atoms with van der Waals surface area (Å²) in [6.45, 7) is 1.39. The molecule has 0 bridgehead atoms. The van der Waals surface area contributed by atoms with E-state index in [1.807, 2.05) is 6.07 Å². The first kappa shape index (κ1) is 17.0. The van der Waals surface area contributed by atoms with Crippen LogP contribution in [0.15, 0.2) is 24.3 Å². The lowest BCUT2D eigenvalue weighted by Crippen LogP contribution is -2.37. The number of rotatable bonds is 4. The van der Waals surface area contributed by atoms with E-state index in [2.05, 4.69) is 0 Å². The zero-order chi connectivity index (χ0) is 17.3. The summed E-state index contributed by atoms with van der Waals surface area (Å²) in [6.07, 6.45) is 2.85. The number of amides is 2. The molecule has 1 aromatic rings. The summed E-state index contributed by atoms with van der Waals surface area (Å²) in [7, 11) is 0. The van der Waals surface area contributed by atoms with Crippen molar-refractivity contribution in [1.29, 1.82) is 0 Å². The fourth-order valence-corrected chi connectivity index (χ4v) is 3.91. The van der Waals surface area contributed by atoms with Gasteiger partial charge in [0, 0.05) is 10.6 Å². The van der Waals surface area contributed by atoms with Crippen LogP contribution in [0.4, 0.5) is 0 Å². The van der Waals surface area contributed by atoms with Crippen LogP contribution in [0.3, 0.4) is 0 Å². The summed E-state index contributed by atoms with van der Waals surface area (Å²) < 4.78 is 5.36. The molecule has 2 amide bonds. The topological polar surface area (TPSA) is 63.7 Å². The molecule has 24 heavy (non-hydrogen) atoms. The van der Waals surface area contributed by atoms with Gasteiger partial charge in [-0.1, -0.05) is 42.6 Å². The van der Waals surface area contributed by atoms with E-state index in [0.29, 0.717) is 10.6 Å². The van der Waals surface area contributed by atoms with Crippen molar-refractivity contribution in [3.05, 3.63) is 34.9 Å². The first-order valence-corrected chi connectivity index (χ1v) is 8.66. The molecule has 1 aliphatic heterocycles. The Morgan fingerprint density at radius 3 is 2.38 bits per heavy atom. The Labute approximate surface area is 145 Å². The molecule has 0 unspecified atom stereocenters. The highest BCUT2D eigenvalue weighted by Gasteiger charge is 2.48. The molecule has 1 saturated carbocycles. The minimum atomic E-state index is -0.595. The molecule has 1 aromatic carbocycles. The van der Waals surface area contributed by atoms with Crippen LogP contribution in [0.5, 0.6) is 0 Å². The van der Waals surface area contributed by atoms with Crippen molar-refractivity contribution < 1.29 is 19.1 Å². The normalized spacial score (nSPS) is 24.7. The number of imide groups is 1. The van der Waals surface area contributed by atoms with E-state index in [4.69, 9.17) is 16.3 Å². The molecule has 2 aliphatic rings. The van der Waals surface area contributed by atoms with Crippen LogP contribution >= 0.6 is 11.6 Å². The monoisotopic (exact) mass is 349 g/mol. The highest BCUT2D eigenvalue weighted by atomic mass is 35.5. The Morgan fingerprint density at radius 1 is 1.21 bits per heavy atom. The standard InChI is InChI=1S/C18H20ClNO4/c1-11(12-6-4-5-9-15(12)19)24-16(21)10-20-17(22)13-7-2-3-8-14(13)18(20)23/h4-6,9,11,13-14H,2-3,7-8,10H2,1H3/t11-,13-,14+/m1/s1. The largest absolute Gasteiger partial charge is 0.456 e. The minimum Gasteiger partial charge on any atom is -0.456 e. The predicted molar refractivity (Wildman–Crippen MR) is 88.1 cm³/mol. The Bertz CT molecular complexity index is 651. The smallest absolute Gasteiger partial charge is 0.326 e. The average Bonchev–Trinajstić information content (AvgIpc) is 2.80. The van der Waals surface area contributed by atoms with Crippen molar-refractivity contribution in [2.45, 2.75) is 38.7 Å². The first-order valence-electron chi connectivity index (χ1n) is 8.28. The van der Waals surface area contributed by atoms with Gasteiger partial charge in [-0.2, -0.15) is 0 Å². The van der Waals surface area contributed by atoms with Crippen LogP contribution in [0.2, 0.25) is 5.02 Å². The van der Waals surface area contributed by atoms with Gasteiger partial charge in [-0.15, -0.1) is 0 Å². The second-order valence-corrected chi connectivity index (χ2v) is 6.82. The molecule has 1 saturated heterocycles. The number of fused-ring (bicyclic) bond motifs is 1. The Kier molecular flexibility index (Phi) is 4.90. The molecule has 5 nitrogen and oxygen atoms in total. The SMILES string of the molecule is C[C@@H](OC(=O)CN1C(=O)[C@H]2CCCC[C@H]2C1=O)c1ccccc1Cl. The molecule has 0 N–H and O–H groups in total. The third kappa shape index (κ3) is 3.18. The molecule has 2 fully saturated rings. The van der Waals surface area contributed by atoms with Gasteiger partial charge < -0.3 is 4.74 Å². The van der Waals surface area contributed by atoms with Crippen molar-refractivity contribution in [2.75, 3.05) is 6.54 Å². The number of carbonyl (C=O) groups excluding carboxylic acids is 3. The van der Waals surface area contributed by atoms with Crippen molar-refractivity contribution in [1.82, 2.24) is 4.90 Å². The van der Waals surface area contributed by atoms with Gasteiger partial charge in [0.15, 0.2) is 0 Å². The third-order valence-electron chi connectivity index (χ3n) is 4.87. The molecule has 3 rings (SSSR count). The number of benzene rings is 1. The van der Waals surface area contributed by atoms with E-state index in [1.165, 1.54) is 0 Å². The van der Waals surface area contributed by atoms with Gasteiger partial charge in [0.05, 0.1) is 11.8 Å². The lowest BCUT2D eigenvalue weighted by atomic mass is 9.81. The van der Waals surface area contributed by atoms with E-state index in [9.17, 15) is 14.4 Å². The van der Waals surface area contributed by atoms with Crippen molar-refractivity contribution in [3.63, 3.8) is 0 Å². The van der Waals surface area contributed by atoms with Gasteiger partial charge in [0.25, 0.3) is 0 Å². The number of likely N-dealkylation sites (tertiary alicyclic amines) is 1. The molecule has 1 aliphatic carbocycles. The summed E-state index contributed by atoms with van der Waals surface area (Å²) in [5.74, 6) is -1.55. The average molecular weight is 350 g/mol. The molecule has 128 valence electrons. The zero-order valence-corrected chi connectivity index (χ0v) is 14.3. The number of ether oxygens (including phenoxy) is 1. The highest BCUT2D eigenvalue weighted by Crippen LogP contribution is 2.38. The molecule has 0 radical (unpaired) electrons. The highest BCUT2D eigenvalue weighted by molar-refractivity contribution is 6.31. The number of esters is 1. The van der Waals surface area contributed by atoms with Crippen LogP contribution in [0.1, 0.15) is 44.3 Å².